The molecule has 2 aromatic heterocycles. The molecule has 2 heteroatoms. The van der Waals surface area contributed by atoms with Gasteiger partial charge in [-0.25, -0.2) is 0 Å². The number of nitrogens with one attached hydrogen (secondary N) is 2. The molecule has 0 saturated heterocycles. The molecule has 0 bridgehead atoms. The van der Waals surface area contributed by atoms with Crippen LogP contribution in [0, 0.1) is 0 Å². The molecule has 0 unspecified atom stereocenters. The molecule has 0 aliphatic rings. The monoisotopic (exact) mass is 484 g/mol. The molecule has 0 atom stereocenters. The molecule has 0 saturated carbocycles. The fourth-order valence-electron chi connectivity index (χ4n) is 5.95. The average molecular weight is 485 g/mol. The Hall–Kier alpha value is -5.08. The van der Waals surface area contributed by atoms with E-state index in [1.165, 1.54) is 54.9 Å². The van der Waals surface area contributed by atoms with Crippen molar-refractivity contribution in [2.75, 3.05) is 0 Å². The van der Waals surface area contributed by atoms with Crippen molar-refractivity contribution in [3.8, 4) is 33.4 Å². The highest BCUT2D eigenvalue weighted by Gasteiger charge is 2.18. The molecular weight excluding hydrogens is 460 g/mol. The maximum atomic E-state index is 3.66. The smallest absolute Gasteiger partial charge is 0.0471 e. The predicted octanol–water partition coefficient (Wildman–Crippen LogP) is 9.96. The van der Waals surface area contributed by atoms with E-state index in [0.717, 1.165) is 22.1 Å². The van der Waals surface area contributed by atoms with E-state index >= 15 is 0 Å². The average Bonchev–Trinajstić information content (AvgIpc) is 3.54. The molecule has 178 valence electrons. The number of para-hydroxylation sites is 2. The van der Waals surface area contributed by atoms with Gasteiger partial charge in [0, 0.05) is 43.6 Å². The molecule has 0 spiro atoms. The second kappa shape index (κ2) is 8.22. The summed E-state index contributed by atoms with van der Waals surface area (Å²) in [5, 5.41) is 4.98. The Balaban J connectivity index is 1.53. The molecule has 0 aliphatic heterocycles. The highest BCUT2D eigenvalue weighted by molar-refractivity contribution is 6.14. The third-order valence-electron chi connectivity index (χ3n) is 7.75. The summed E-state index contributed by atoms with van der Waals surface area (Å²) in [6.07, 6.45) is 0. The normalized spacial score (nSPS) is 11.7. The van der Waals surface area contributed by atoms with E-state index in [1.807, 2.05) is 0 Å². The number of H-pyrrole nitrogens is 2. The zero-order valence-electron chi connectivity index (χ0n) is 20.7. The first-order chi connectivity index (χ1) is 18.8. The van der Waals surface area contributed by atoms with Crippen LogP contribution < -0.4 is 0 Å². The molecule has 0 aliphatic carbocycles. The van der Waals surface area contributed by atoms with E-state index in [2.05, 4.69) is 143 Å². The Bertz CT molecular complexity index is 1960. The summed E-state index contributed by atoms with van der Waals surface area (Å²) in [5.41, 5.74) is 12.0. The Morgan fingerprint density at radius 2 is 0.684 bits per heavy atom. The number of hydrogen-bond donors (Lipinski definition) is 2. The van der Waals surface area contributed by atoms with Crippen molar-refractivity contribution in [2.24, 2.45) is 0 Å². The van der Waals surface area contributed by atoms with Gasteiger partial charge in [-0.1, -0.05) is 97.1 Å². The summed E-state index contributed by atoms with van der Waals surface area (Å²) in [5.74, 6) is 0. The fourth-order valence-corrected chi connectivity index (χ4v) is 5.95. The SMILES string of the molecule is c1ccc(-c2cc3[nH]c4ccccc4c3cc2-c2cc3c(cc2-c2ccccc2)[nH]c2ccccc23)cc1. The summed E-state index contributed by atoms with van der Waals surface area (Å²) in [7, 11) is 0. The Kier molecular flexibility index (Phi) is 4.55. The lowest BCUT2D eigenvalue weighted by Gasteiger charge is -2.16. The van der Waals surface area contributed by atoms with Crippen molar-refractivity contribution in [1.82, 2.24) is 9.97 Å². The van der Waals surface area contributed by atoms with Crippen LogP contribution in [-0.4, -0.2) is 9.97 Å². The van der Waals surface area contributed by atoms with Crippen LogP contribution in [-0.2, 0) is 0 Å². The molecule has 2 nitrogen and oxygen atoms in total. The number of rotatable bonds is 3. The van der Waals surface area contributed by atoms with Gasteiger partial charge in [0.1, 0.15) is 0 Å². The Labute approximate surface area is 220 Å². The van der Waals surface area contributed by atoms with Gasteiger partial charge in [-0.05, 0) is 69.8 Å². The quantitative estimate of drug-likeness (QED) is 0.250. The molecule has 8 rings (SSSR count). The van der Waals surface area contributed by atoms with Crippen molar-refractivity contribution in [3.05, 3.63) is 133 Å². The first-order valence-electron chi connectivity index (χ1n) is 13.0. The van der Waals surface area contributed by atoms with E-state index in [9.17, 15) is 0 Å². The maximum absolute atomic E-state index is 3.66. The van der Waals surface area contributed by atoms with Crippen LogP contribution in [0.4, 0.5) is 0 Å². The Morgan fingerprint density at radius 1 is 0.289 bits per heavy atom. The van der Waals surface area contributed by atoms with Crippen LogP contribution in [0.25, 0.3) is 77.0 Å². The molecular formula is C36H24N2. The number of hydrogen-bond acceptors (Lipinski definition) is 0. The molecule has 2 N–H and O–H groups in total. The third kappa shape index (κ3) is 3.21. The maximum Gasteiger partial charge on any atom is 0.0471 e. The highest BCUT2D eigenvalue weighted by Crippen LogP contribution is 2.44. The minimum atomic E-state index is 1.16. The van der Waals surface area contributed by atoms with Crippen molar-refractivity contribution in [2.45, 2.75) is 0 Å². The minimum Gasteiger partial charge on any atom is -0.354 e. The lowest BCUT2D eigenvalue weighted by Crippen LogP contribution is -1.90. The van der Waals surface area contributed by atoms with Gasteiger partial charge in [0.25, 0.3) is 0 Å². The van der Waals surface area contributed by atoms with Gasteiger partial charge in [0.2, 0.25) is 0 Å². The first kappa shape index (κ1) is 21.0. The van der Waals surface area contributed by atoms with E-state index in [1.54, 1.807) is 0 Å². The van der Waals surface area contributed by atoms with Crippen LogP contribution in [0.3, 0.4) is 0 Å². The second-order valence-corrected chi connectivity index (χ2v) is 9.96. The first-order valence-corrected chi connectivity index (χ1v) is 13.0. The molecule has 8 aromatic rings. The molecule has 0 radical (unpaired) electrons. The molecule has 0 fully saturated rings. The minimum absolute atomic E-state index is 1.16. The van der Waals surface area contributed by atoms with Crippen LogP contribution in [0.2, 0.25) is 0 Å². The van der Waals surface area contributed by atoms with E-state index in [0.29, 0.717) is 0 Å². The Morgan fingerprint density at radius 3 is 1.13 bits per heavy atom. The van der Waals surface area contributed by atoms with Crippen molar-refractivity contribution < 1.29 is 0 Å². The zero-order valence-corrected chi connectivity index (χ0v) is 20.7. The van der Waals surface area contributed by atoms with Crippen LogP contribution in [0.15, 0.2) is 133 Å². The van der Waals surface area contributed by atoms with Gasteiger partial charge in [-0.3, -0.25) is 0 Å². The van der Waals surface area contributed by atoms with Gasteiger partial charge in [0.05, 0.1) is 0 Å². The van der Waals surface area contributed by atoms with Crippen molar-refractivity contribution in [1.29, 1.82) is 0 Å². The topological polar surface area (TPSA) is 31.6 Å². The van der Waals surface area contributed by atoms with E-state index < -0.39 is 0 Å². The standard InChI is InChI=1S/C36H24N2/c1-3-11-23(12-4-1)27-21-35-31(25-15-7-9-17-33(25)37-35)19-29(27)30-20-32-26-16-8-10-18-34(26)38-36(32)22-28(30)24-13-5-2-6-14-24/h1-22,37-38H. The van der Waals surface area contributed by atoms with Crippen molar-refractivity contribution >= 4 is 43.6 Å². The number of fused-ring (bicyclic) bond motifs is 6. The van der Waals surface area contributed by atoms with Gasteiger partial charge in [0.15, 0.2) is 0 Å². The number of aromatic amines is 2. The lowest BCUT2D eigenvalue weighted by molar-refractivity contribution is 1.53. The summed E-state index contributed by atoms with van der Waals surface area (Å²) in [6, 6.07) is 48.1. The molecule has 38 heavy (non-hydrogen) atoms. The largest absolute Gasteiger partial charge is 0.354 e. The van der Waals surface area contributed by atoms with Gasteiger partial charge < -0.3 is 9.97 Å². The second-order valence-electron chi connectivity index (χ2n) is 9.96. The van der Waals surface area contributed by atoms with E-state index in [4.69, 9.17) is 0 Å². The molecule has 6 aromatic carbocycles. The third-order valence-corrected chi connectivity index (χ3v) is 7.75. The molecule has 2 heterocycles. The van der Waals surface area contributed by atoms with Crippen LogP contribution in [0.5, 0.6) is 0 Å². The predicted molar refractivity (Wildman–Crippen MR) is 161 cm³/mol. The van der Waals surface area contributed by atoms with Gasteiger partial charge in [-0.2, -0.15) is 0 Å². The van der Waals surface area contributed by atoms with Crippen LogP contribution >= 0.6 is 0 Å². The van der Waals surface area contributed by atoms with Gasteiger partial charge in [-0.15, -0.1) is 0 Å². The summed E-state index contributed by atoms with van der Waals surface area (Å²) in [6.45, 7) is 0. The summed E-state index contributed by atoms with van der Waals surface area (Å²) >= 11 is 0. The van der Waals surface area contributed by atoms with Gasteiger partial charge >= 0.3 is 0 Å². The lowest BCUT2D eigenvalue weighted by atomic mass is 9.87. The summed E-state index contributed by atoms with van der Waals surface area (Å²) < 4.78 is 0. The summed E-state index contributed by atoms with van der Waals surface area (Å²) in [4.78, 5) is 7.32. The number of benzene rings is 6. The molecule has 0 amide bonds. The van der Waals surface area contributed by atoms with E-state index in [-0.39, 0.29) is 0 Å². The fraction of sp³-hybridized carbons (Fsp3) is 0. The highest BCUT2D eigenvalue weighted by atomic mass is 14.7. The van der Waals surface area contributed by atoms with Crippen LogP contribution in [0.1, 0.15) is 0 Å². The van der Waals surface area contributed by atoms with Crippen molar-refractivity contribution in [3.63, 3.8) is 0 Å². The zero-order chi connectivity index (χ0) is 25.1. The number of aromatic nitrogens is 2.